The van der Waals surface area contributed by atoms with Crippen molar-refractivity contribution in [2.24, 2.45) is 11.3 Å². The average Bonchev–Trinajstić information content (AvgIpc) is 2.23. The summed E-state index contributed by atoms with van der Waals surface area (Å²) in [5.74, 6) is 0.857. The molecular weight excluding hydrogens is 182 g/mol. The van der Waals surface area contributed by atoms with Gasteiger partial charge in [-0.1, -0.05) is 47.5 Å². The van der Waals surface area contributed by atoms with Crippen LogP contribution in [-0.2, 0) is 0 Å². The average molecular weight is 213 g/mol. The van der Waals surface area contributed by atoms with Gasteiger partial charge in [0.1, 0.15) is 0 Å². The second-order valence-electron chi connectivity index (χ2n) is 5.27. The van der Waals surface area contributed by atoms with Gasteiger partial charge in [-0.3, -0.25) is 0 Å². The van der Waals surface area contributed by atoms with E-state index >= 15 is 0 Å². The first-order valence-electron chi connectivity index (χ1n) is 6.81. The van der Waals surface area contributed by atoms with E-state index in [4.69, 9.17) is 0 Å². The standard InChI is InChI=1S/C14H31N/c1-6-14(7-2,12-15-8-3)11-9-10-13(4)5/h13,15H,6-12H2,1-5H3. The third kappa shape index (κ3) is 6.19. The SMILES string of the molecule is CCNCC(CC)(CC)CCCC(C)C. The zero-order chi connectivity index (χ0) is 11.7. The molecule has 92 valence electrons. The molecule has 0 aromatic heterocycles. The summed E-state index contributed by atoms with van der Waals surface area (Å²) < 4.78 is 0. The largest absolute Gasteiger partial charge is 0.316 e. The first-order chi connectivity index (χ1) is 7.10. The monoisotopic (exact) mass is 213 g/mol. The minimum absolute atomic E-state index is 0.560. The Hall–Kier alpha value is -0.0400. The van der Waals surface area contributed by atoms with Crippen LogP contribution in [0, 0.1) is 11.3 Å². The molecule has 0 bridgehead atoms. The van der Waals surface area contributed by atoms with Crippen molar-refractivity contribution in [1.29, 1.82) is 0 Å². The van der Waals surface area contributed by atoms with Crippen LogP contribution in [0.3, 0.4) is 0 Å². The van der Waals surface area contributed by atoms with Gasteiger partial charge in [0.15, 0.2) is 0 Å². The van der Waals surface area contributed by atoms with Crippen LogP contribution in [0.1, 0.15) is 66.7 Å². The van der Waals surface area contributed by atoms with E-state index in [0.717, 1.165) is 12.5 Å². The van der Waals surface area contributed by atoms with Gasteiger partial charge in [-0.05, 0) is 37.1 Å². The lowest BCUT2D eigenvalue weighted by Crippen LogP contribution is -2.33. The molecule has 15 heavy (non-hydrogen) atoms. The van der Waals surface area contributed by atoms with Crippen LogP contribution in [0.15, 0.2) is 0 Å². The summed E-state index contributed by atoms with van der Waals surface area (Å²) >= 11 is 0. The number of rotatable bonds is 9. The molecule has 0 rings (SSSR count). The fraction of sp³-hybridized carbons (Fsp3) is 1.00. The van der Waals surface area contributed by atoms with Gasteiger partial charge in [-0.2, -0.15) is 0 Å². The molecule has 0 heterocycles. The number of nitrogens with one attached hydrogen (secondary N) is 1. The summed E-state index contributed by atoms with van der Waals surface area (Å²) in [6.07, 6.45) is 6.80. The fourth-order valence-corrected chi connectivity index (χ4v) is 2.22. The summed E-state index contributed by atoms with van der Waals surface area (Å²) in [5.41, 5.74) is 0.560. The number of hydrogen-bond acceptors (Lipinski definition) is 1. The molecule has 0 amide bonds. The van der Waals surface area contributed by atoms with Gasteiger partial charge < -0.3 is 5.32 Å². The van der Waals surface area contributed by atoms with Crippen LogP contribution in [0.5, 0.6) is 0 Å². The lowest BCUT2D eigenvalue weighted by atomic mass is 9.77. The maximum absolute atomic E-state index is 3.53. The Balaban J connectivity index is 3.99. The molecular formula is C14H31N. The zero-order valence-electron chi connectivity index (χ0n) is 11.5. The second kappa shape index (κ2) is 8.15. The van der Waals surface area contributed by atoms with Gasteiger partial charge in [0.25, 0.3) is 0 Å². The van der Waals surface area contributed by atoms with Gasteiger partial charge >= 0.3 is 0 Å². The van der Waals surface area contributed by atoms with Crippen molar-refractivity contribution in [3.05, 3.63) is 0 Å². The van der Waals surface area contributed by atoms with E-state index in [-0.39, 0.29) is 0 Å². The molecule has 0 saturated heterocycles. The molecule has 0 spiro atoms. The molecule has 0 aliphatic heterocycles. The molecule has 0 aliphatic carbocycles. The molecule has 1 nitrogen and oxygen atoms in total. The summed E-state index contributed by atoms with van der Waals surface area (Å²) in [6, 6.07) is 0. The third-order valence-electron chi connectivity index (χ3n) is 3.74. The number of hydrogen-bond donors (Lipinski definition) is 1. The normalized spacial score (nSPS) is 12.4. The minimum Gasteiger partial charge on any atom is -0.316 e. The molecule has 0 saturated carbocycles. The highest BCUT2D eigenvalue weighted by Gasteiger charge is 2.24. The lowest BCUT2D eigenvalue weighted by molar-refractivity contribution is 0.218. The van der Waals surface area contributed by atoms with Gasteiger partial charge in [-0.15, -0.1) is 0 Å². The van der Waals surface area contributed by atoms with Crippen LogP contribution in [-0.4, -0.2) is 13.1 Å². The highest BCUT2D eigenvalue weighted by molar-refractivity contribution is 4.79. The lowest BCUT2D eigenvalue weighted by Gasteiger charge is -2.32. The highest BCUT2D eigenvalue weighted by atomic mass is 14.9. The second-order valence-corrected chi connectivity index (χ2v) is 5.27. The fourth-order valence-electron chi connectivity index (χ4n) is 2.22. The van der Waals surface area contributed by atoms with Crippen LogP contribution < -0.4 is 5.32 Å². The van der Waals surface area contributed by atoms with Crippen molar-refractivity contribution in [3.8, 4) is 0 Å². The third-order valence-corrected chi connectivity index (χ3v) is 3.74. The van der Waals surface area contributed by atoms with Crippen molar-refractivity contribution >= 4 is 0 Å². The van der Waals surface area contributed by atoms with E-state index in [2.05, 4.69) is 39.9 Å². The van der Waals surface area contributed by atoms with Crippen molar-refractivity contribution < 1.29 is 0 Å². The molecule has 0 radical (unpaired) electrons. The van der Waals surface area contributed by atoms with E-state index < -0.39 is 0 Å². The Bertz CT molecular complexity index is 136. The Morgan fingerprint density at radius 2 is 1.67 bits per heavy atom. The van der Waals surface area contributed by atoms with Crippen molar-refractivity contribution in [3.63, 3.8) is 0 Å². The zero-order valence-corrected chi connectivity index (χ0v) is 11.5. The van der Waals surface area contributed by atoms with Gasteiger partial charge in [0, 0.05) is 6.54 Å². The van der Waals surface area contributed by atoms with Crippen molar-refractivity contribution in [2.45, 2.75) is 66.7 Å². The first-order valence-corrected chi connectivity index (χ1v) is 6.81. The van der Waals surface area contributed by atoms with Crippen LogP contribution in [0.4, 0.5) is 0 Å². The van der Waals surface area contributed by atoms with E-state index in [1.54, 1.807) is 0 Å². The molecule has 0 atom stereocenters. The minimum atomic E-state index is 0.560. The topological polar surface area (TPSA) is 12.0 Å². The van der Waals surface area contributed by atoms with E-state index in [0.29, 0.717) is 5.41 Å². The van der Waals surface area contributed by atoms with Gasteiger partial charge in [0.2, 0.25) is 0 Å². The van der Waals surface area contributed by atoms with Crippen LogP contribution in [0.2, 0.25) is 0 Å². The Kier molecular flexibility index (Phi) is 8.13. The van der Waals surface area contributed by atoms with Crippen LogP contribution >= 0.6 is 0 Å². The van der Waals surface area contributed by atoms with Gasteiger partial charge in [0.05, 0.1) is 0 Å². The molecule has 0 aromatic carbocycles. The Morgan fingerprint density at radius 3 is 2.07 bits per heavy atom. The molecule has 0 fully saturated rings. The molecule has 1 heteroatoms. The molecule has 1 N–H and O–H groups in total. The molecule has 0 aliphatic rings. The summed E-state index contributed by atoms with van der Waals surface area (Å²) in [5, 5.41) is 3.53. The predicted octanol–water partition coefficient (Wildman–Crippen LogP) is 4.23. The van der Waals surface area contributed by atoms with Crippen molar-refractivity contribution in [2.75, 3.05) is 13.1 Å². The maximum atomic E-state index is 3.53. The van der Waals surface area contributed by atoms with E-state index in [1.807, 2.05) is 0 Å². The molecule has 0 unspecified atom stereocenters. The van der Waals surface area contributed by atoms with Gasteiger partial charge in [-0.25, -0.2) is 0 Å². The quantitative estimate of drug-likeness (QED) is 0.604. The first kappa shape index (κ1) is 15.0. The maximum Gasteiger partial charge on any atom is 0.000749 e. The van der Waals surface area contributed by atoms with Crippen LogP contribution in [0.25, 0.3) is 0 Å². The molecule has 0 aromatic rings. The smallest absolute Gasteiger partial charge is 0.000749 e. The predicted molar refractivity (Wildman–Crippen MR) is 70.2 cm³/mol. The summed E-state index contributed by atoms with van der Waals surface area (Å²) in [4.78, 5) is 0. The summed E-state index contributed by atoms with van der Waals surface area (Å²) in [7, 11) is 0. The Morgan fingerprint density at radius 1 is 1.07 bits per heavy atom. The van der Waals surface area contributed by atoms with E-state index in [1.165, 1.54) is 38.6 Å². The Labute approximate surface area is 97.0 Å². The van der Waals surface area contributed by atoms with E-state index in [9.17, 15) is 0 Å². The summed E-state index contributed by atoms with van der Waals surface area (Å²) in [6.45, 7) is 13.8. The highest BCUT2D eigenvalue weighted by Crippen LogP contribution is 2.32. The van der Waals surface area contributed by atoms with Crippen molar-refractivity contribution in [1.82, 2.24) is 5.32 Å².